The summed E-state index contributed by atoms with van der Waals surface area (Å²) in [5.74, 6) is -2.52. The summed E-state index contributed by atoms with van der Waals surface area (Å²) >= 11 is 0. The summed E-state index contributed by atoms with van der Waals surface area (Å²) in [7, 11) is 0. The molecular weight excluding hydrogens is 304 g/mol. The fourth-order valence-electron chi connectivity index (χ4n) is 3.79. The van der Waals surface area contributed by atoms with Crippen molar-refractivity contribution in [3.05, 3.63) is 35.5 Å². The summed E-state index contributed by atoms with van der Waals surface area (Å²) < 4.78 is 0. The van der Waals surface area contributed by atoms with Crippen LogP contribution in [0.25, 0.3) is 0 Å². The number of rotatable bonds is 10. The number of allylic oxidation sites excluding steroid dienone is 5. The van der Waals surface area contributed by atoms with Gasteiger partial charge >= 0.3 is 11.9 Å². The highest BCUT2D eigenvalue weighted by atomic mass is 16.4. The summed E-state index contributed by atoms with van der Waals surface area (Å²) in [5.41, 5.74) is -0.352. The standard InChI is InChI=1S/C20H30O4/c1-4-7-13-20(14-9-8-12-15(20)10-5-2)16(11-6-3)17(18(21)22)19(23)24/h8-9,12,14-15H,4-7,10-11,13H2,1-3H3,(H,21,22)(H,23,24). The first-order chi connectivity index (χ1) is 11.4. The van der Waals surface area contributed by atoms with E-state index in [1.54, 1.807) is 0 Å². The van der Waals surface area contributed by atoms with Crippen LogP contribution in [0, 0.1) is 11.3 Å². The molecule has 0 radical (unpaired) electrons. The third-order valence-corrected chi connectivity index (χ3v) is 4.84. The molecule has 0 saturated carbocycles. The lowest BCUT2D eigenvalue weighted by Crippen LogP contribution is -2.34. The Labute approximate surface area is 145 Å². The molecule has 2 unspecified atom stereocenters. The molecule has 1 aliphatic rings. The van der Waals surface area contributed by atoms with E-state index >= 15 is 0 Å². The molecule has 2 N–H and O–H groups in total. The summed E-state index contributed by atoms with van der Waals surface area (Å²) in [5, 5.41) is 19.1. The van der Waals surface area contributed by atoms with Crippen LogP contribution in [0.2, 0.25) is 0 Å². The van der Waals surface area contributed by atoms with Crippen molar-refractivity contribution in [3.8, 4) is 0 Å². The molecule has 0 amide bonds. The van der Waals surface area contributed by atoms with E-state index in [4.69, 9.17) is 0 Å². The van der Waals surface area contributed by atoms with Gasteiger partial charge in [-0.25, -0.2) is 9.59 Å². The minimum Gasteiger partial charge on any atom is -0.477 e. The number of hydrogen-bond donors (Lipinski definition) is 2. The predicted octanol–water partition coefficient (Wildman–Crippen LogP) is 4.97. The Hall–Kier alpha value is -1.84. The van der Waals surface area contributed by atoms with Crippen LogP contribution < -0.4 is 0 Å². The number of carbonyl (C=O) groups is 2. The summed E-state index contributed by atoms with van der Waals surface area (Å²) in [4.78, 5) is 23.4. The quantitative estimate of drug-likeness (QED) is 0.336. The van der Waals surface area contributed by atoms with Gasteiger partial charge in [0.25, 0.3) is 0 Å². The van der Waals surface area contributed by atoms with Crippen LogP contribution in [-0.4, -0.2) is 22.2 Å². The molecule has 1 aliphatic carbocycles. The van der Waals surface area contributed by atoms with E-state index in [0.717, 1.165) is 38.5 Å². The van der Waals surface area contributed by atoms with Crippen LogP contribution in [0.1, 0.15) is 65.7 Å². The van der Waals surface area contributed by atoms with Crippen LogP contribution >= 0.6 is 0 Å². The number of hydrogen-bond acceptors (Lipinski definition) is 2. The molecule has 2 atom stereocenters. The van der Waals surface area contributed by atoms with Crippen molar-refractivity contribution in [3.63, 3.8) is 0 Å². The molecule has 0 bridgehead atoms. The fraction of sp³-hybridized carbons (Fsp3) is 0.600. The average Bonchev–Trinajstić information content (AvgIpc) is 2.53. The molecule has 4 heteroatoms. The van der Waals surface area contributed by atoms with Crippen LogP contribution in [0.5, 0.6) is 0 Å². The Bertz CT molecular complexity index is 526. The second kappa shape index (κ2) is 9.45. The zero-order chi connectivity index (χ0) is 18.2. The summed E-state index contributed by atoms with van der Waals surface area (Å²) in [6, 6.07) is 0. The SMILES string of the molecule is CCCCC1(C(CCC)=C(C(=O)O)C(=O)O)C=CC=CC1CCC. The topological polar surface area (TPSA) is 74.6 Å². The molecular formula is C20H30O4. The van der Waals surface area contributed by atoms with Gasteiger partial charge in [0, 0.05) is 5.41 Å². The Morgan fingerprint density at radius 3 is 2.17 bits per heavy atom. The molecule has 0 heterocycles. The smallest absolute Gasteiger partial charge is 0.343 e. The maximum absolute atomic E-state index is 11.7. The van der Waals surface area contributed by atoms with Gasteiger partial charge in [0.1, 0.15) is 5.57 Å². The van der Waals surface area contributed by atoms with E-state index in [1.165, 1.54) is 0 Å². The van der Waals surface area contributed by atoms with E-state index in [9.17, 15) is 19.8 Å². The van der Waals surface area contributed by atoms with E-state index in [-0.39, 0.29) is 5.92 Å². The highest BCUT2D eigenvalue weighted by molar-refractivity contribution is 6.13. The van der Waals surface area contributed by atoms with Crippen LogP contribution in [-0.2, 0) is 9.59 Å². The molecule has 0 aromatic carbocycles. The molecule has 0 aromatic heterocycles. The van der Waals surface area contributed by atoms with Gasteiger partial charge in [-0.2, -0.15) is 0 Å². The van der Waals surface area contributed by atoms with Gasteiger partial charge in [-0.05, 0) is 30.8 Å². The second-order valence-electron chi connectivity index (χ2n) is 6.50. The van der Waals surface area contributed by atoms with Crippen molar-refractivity contribution in [1.82, 2.24) is 0 Å². The monoisotopic (exact) mass is 334 g/mol. The van der Waals surface area contributed by atoms with Crippen molar-refractivity contribution >= 4 is 11.9 Å². The van der Waals surface area contributed by atoms with Crippen molar-refractivity contribution < 1.29 is 19.8 Å². The van der Waals surface area contributed by atoms with E-state index in [2.05, 4.69) is 26.0 Å². The maximum atomic E-state index is 11.7. The van der Waals surface area contributed by atoms with Gasteiger partial charge in [0.05, 0.1) is 0 Å². The highest BCUT2D eigenvalue weighted by Gasteiger charge is 2.42. The van der Waals surface area contributed by atoms with Gasteiger partial charge in [-0.15, -0.1) is 0 Å². The van der Waals surface area contributed by atoms with Crippen LogP contribution in [0.15, 0.2) is 35.5 Å². The first kappa shape index (κ1) is 20.2. The minimum atomic E-state index is -1.33. The molecule has 0 saturated heterocycles. The number of aliphatic carboxylic acids is 2. The molecule has 24 heavy (non-hydrogen) atoms. The molecule has 4 nitrogen and oxygen atoms in total. The van der Waals surface area contributed by atoms with Gasteiger partial charge in [0.2, 0.25) is 0 Å². The lowest BCUT2D eigenvalue weighted by atomic mass is 9.61. The van der Waals surface area contributed by atoms with Crippen LogP contribution in [0.4, 0.5) is 0 Å². The molecule has 0 aromatic rings. The lowest BCUT2D eigenvalue weighted by Gasteiger charge is -2.42. The second-order valence-corrected chi connectivity index (χ2v) is 6.50. The Balaban J connectivity index is 3.61. The fourth-order valence-corrected chi connectivity index (χ4v) is 3.79. The third kappa shape index (κ3) is 4.37. The first-order valence-electron chi connectivity index (χ1n) is 9.00. The molecule has 0 spiro atoms. The summed E-state index contributed by atoms with van der Waals surface area (Å²) in [6.45, 7) is 6.17. The lowest BCUT2D eigenvalue weighted by molar-refractivity contribution is -0.140. The predicted molar refractivity (Wildman–Crippen MR) is 95.8 cm³/mol. The summed E-state index contributed by atoms with van der Waals surface area (Å²) in [6.07, 6.45) is 14.0. The molecule has 1 rings (SSSR count). The number of unbranched alkanes of at least 4 members (excludes halogenated alkanes) is 1. The molecule has 0 aliphatic heterocycles. The van der Waals surface area contributed by atoms with E-state index in [1.807, 2.05) is 19.1 Å². The van der Waals surface area contributed by atoms with Crippen molar-refractivity contribution in [1.29, 1.82) is 0 Å². The first-order valence-corrected chi connectivity index (χ1v) is 9.00. The van der Waals surface area contributed by atoms with Crippen LogP contribution in [0.3, 0.4) is 0 Å². The van der Waals surface area contributed by atoms with Gasteiger partial charge < -0.3 is 10.2 Å². The largest absolute Gasteiger partial charge is 0.477 e. The normalized spacial score (nSPS) is 22.4. The van der Waals surface area contributed by atoms with Crippen molar-refractivity contribution in [2.75, 3.05) is 0 Å². The highest BCUT2D eigenvalue weighted by Crippen LogP contribution is 2.49. The number of carboxylic acid groups (broad SMARTS) is 2. The van der Waals surface area contributed by atoms with Gasteiger partial charge in [-0.3, -0.25) is 0 Å². The zero-order valence-corrected chi connectivity index (χ0v) is 15.0. The number of carboxylic acids is 2. The van der Waals surface area contributed by atoms with Crippen molar-refractivity contribution in [2.45, 2.75) is 65.7 Å². The minimum absolute atomic E-state index is 0.147. The van der Waals surface area contributed by atoms with E-state index < -0.39 is 22.9 Å². The maximum Gasteiger partial charge on any atom is 0.343 e. The van der Waals surface area contributed by atoms with E-state index in [0.29, 0.717) is 12.0 Å². The molecule has 134 valence electrons. The van der Waals surface area contributed by atoms with Gasteiger partial charge in [0.15, 0.2) is 0 Å². The van der Waals surface area contributed by atoms with Crippen molar-refractivity contribution in [2.24, 2.45) is 11.3 Å². The Kier molecular flexibility index (Phi) is 7.96. The molecule has 0 fully saturated rings. The Morgan fingerprint density at radius 1 is 1.00 bits per heavy atom. The zero-order valence-electron chi connectivity index (χ0n) is 15.0. The third-order valence-electron chi connectivity index (χ3n) is 4.84. The Morgan fingerprint density at radius 2 is 1.67 bits per heavy atom. The van der Waals surface area contributed by atoms with Gasteiger partial charge in [-0.1, -0.05) is 70.8 Å². The average molecular weight is 334 g/mol.